The number of carbonyl (C=O) groups excluding carboxylic acids is 1. The van der Waals surface area contributed by atoms with Gasteiger partial charge in [-0.2, -0.15) is 5.26 Å². The third-order valence-corrected chi connectivity index (χ3v) is 5.52. The van der Waals surface area contributed by atoms with Crippen molar-refractivity contribution in [3.63, 3.8) is 0 Å². The molecule has 1 aliphatic heterocycles. The van der Waals surface area contributed by atoms with Gasteiger partial charge in [0.1, 0.15) is 11.0 Å². The lowest BCUT2D eigenvalue weighted by Crippen LogP contribution is -2.42. The summed E-state index contributed by atoms with van der Waals surface area (Å²) in [4.78, 5) is 15.0. The molecule has 1 unspecified atom stereocenters. The SMILES string of the molecule is Cc1csc(C(=O)N2CCOC(c3cccc(C#N)c3)C2)c1Cl. The van der Waals surface area contributed by atoms with Crippen LogP contribution in [0.2, 0.25) is 5.02 Å². The summed E-state index contributed by atoms with van der Waals surface area (Å²) in [5.41, 5.74) is 2.42. The van der Waals surface area contributed by atoms with E-state index in [9.17, 15) is 4.79 Å². The molecule has 1 atom stereocenters. The Bertz CT molecular complexity index is 781. The van der Waals surface area contributed by atoms with E-state index in [0.29, 0.717) is 35.2 Å². The zero-order valence-corrected chi connectivity index (χ0v) is 14.2. The summed E-state index contributed by atoms with van der Waals surface area (Å²) in [6.45, 7) is 3.36. The van der Waals surface area contributed by atoms with E-state index >= 15 is 0 Å². The van der Waals surface area contributed by atoms with Crippen LogP contribution in [0.4, 0.5) is 0 Å². The summed E-state index contributed by atoms with van der Waals surface area (Å²) in [6, 6.07) is 9.43. The third kappa shape index (κ3) is 3.25. The Labute approximate surface area is 143 Å². The van der Waals surface area contributed by atoms with Gasteiger partial charge < -0.3 is 9.64 Å². The van der Waals surface area contributed by atoms with E-state index in [4.69, 9.17) is 21.6 Å². The maximum atomic E-state index is 12.7. The van der Waals surface area contributed by atoms with Gasteiger partial charge in [0, 0.05) is 6.54 Å². The minimum absolute atomic E-state index is 0.0576. The highest BCUT2D eigenvalue weighted by Crippen LogP contribution is 2.30. The summed E-state index contributed by atoms with van der Waals surface area (Å²) < 4.78 is 5.78. The molecule has 4 nitrogen and oxygen atoms in total. The predicted octanol–water partition coefficient (Wildman–Crippen LogP) is 3.80. The molecular weight excluding hydrogens is 332 g/mol. The van der Waals surface area contributed by atoms with Crippen LogP contribution in [0.1, 0.15) is 32.5 Å². The summed E-state index contributed by atoms with van der Waals surface area (Å²) in [6.07, 6.45) is -0.221. The quantitative estimate of drug-likeness (QED) is 0.831. The highest BCUT2D eigenvalue weighted by molar-refractivity contribution is 7.13. The fraction of sp³-hybridized carbons (Fsp3) is 0.294. The number of hydrogen-bond acceptors (Lipinski definition) is 4. The second-order valence-electron chi connectivity index (χ2n) is 5.41. The van der Waals surface area contributed by atoms with Gasteiger partial charge in [0.25, 0.3) is 5.91 Å². The first-order chi connectivity index (χ1) is 11.1. The molecular formula is C17H15ClN2O2S. The van der Waals surface area contributed by atoms with Crippen molar-refractivity contribution in [3.8, 4) is 6.07 Å². The number of carbonyl (C=O) groups is 1. The first-order valence-electron chi connectivity index (χ1n) is 7.24. The highest BCUT2D eigenvalue weighted by Gasteiger charge is 2.28. The number of nitriles is 1. The van der Waals surface area contributed by atoms with Gasteiger partial charge in [-0.1, -0.05) is 23.7 Å². The zero-order valence-electron chi connectivity index (χ0n) is 12.6. The van der Waals surface area contributed by atoms with Crippen molar-refractivity contribution in [2.45, 2.75) is 13.0 Å². The lowest BCUT2D eigenvalue weighted by atomic mass is 10.0. The van der Waals surface area contributed by atoms with Crippen molar-refractivity contribution in [2.24, 2.45) is 0 Å². The summed E-state index contributed by atoms with van der Waals surface area (Å²) >= 11 is 7.59. The molecule has 0 spiro atoms. The van der Waals surface area contributed by atoms with Crippen LogP contribution >= 0.6 is 22.9 Å². The lowest BCUT2D eigenvalue weighted by Gasteiger charge is -2.33. The van der Waals surface area contributed by atoms with Gasteiger partial charge in [0.05, 0.1) is 29.8 Å². The molecule has 3 rings (SSSR count). The van der Waals surface area contributed by atoms with Gasteiger partial charge in [-0.25, -0.2) is 0 Å². The van der Waals surface area contributed by atoms with Crippen LogP contribution in [0.15, 0.2) is 29.6 Å². The zero-order chi connectivity index (χ0) is 16.4. The Kier molecular flexibility index (Phi) is 4.67. The third-order valence-electron chi connectivity index (χ3n) is 3.83. The van der Waals surface area contributed by atoms with Crippen molar-refractivity contribution in [1.82, 2.24) is 4.90 Å². The van der Waals surface area contributed by atoms with E-state index in [1.807, 2.05) is 24.4 Å². The average molecular weight is 347 g/mol. The van der Waals surface area contributed by atoms with Crippen LogP contribution in [0.3, 0.4) is 0 Å². The first-order valence-corrected chi connectivity index (χ1v) is 8.50. The number of thiophene rings is 1. The van der Waals surface area contributed by atoms with E-state index in [1.165, 1.54) is 11.3 Å². The topological polar surface area (TPSA) is 53.3 Å². The normalized spacial score (nSPS) is 17.8. The van der Waals surface area contributed by atoms with Gasteiger partial charge >= 0.3 is 0 Å². The van der Waals surface area contributed by atoms with Gasteiger partial charge in [0.2, 0.25) is 0 Å². The predicted molar refractivity (Wildman–Crippen MR) is 89.8 cm³/mol. The molecule has 0 aliphatic carbocycles. The minimum Gasteiger partial charge on any atom is -0.370 e. The molecule has 1 saturated heterocycles. The van der Waals surface area contributed by atoms with Crippen molar-refractivity contribution >= 4 is 28.8 Å². The molecule has 1 aliphatic rings. The second-order valence-corrected chi connectivity index (χ2v) is 6.67. The number of hydrogen-bond donors (Lipinski definition) is 0. The molecule has 118 valence electrons. The van der Waals surface area contributed by atoms with Crippen molar-refractivity contribution in [3.05, 3.63) is 56.2 Å². The number of nitrogens with zero attached hydrogens (tertiary/aromatic N) is 2. The number of morpholine rings is 1. The smallest absolute Gasteiger partial charge is 0.265 e. The fourth-order valence-electron chi connectivity index (χ4n) is 2.56. The standard InChI is InChI=1S/C17H15ClN2O2S/c1-11-10-23-16(15(11)18)17(21)20-5-6-22-14(9-20)13-4-2-3-12(7-13)8-19/h2-4,7,10,14H,5-6,9H2,1H3. The number of benzene rings is 1. The molecule has 0 N–H and O–H groups in total. The molecule has 6 heteroatoms. The Morgan fingerprint density at radius 3 is 3.04 bits per heavy atom. The van der Waals surface area contributed by atoms with Gasteiger partial charge in [-0.05, 0) is 35.6 Å². The van der Waals surface area contributed by atoms with Gasteiger partial charge in [-0.15, -0.1) is 11.3 Å². The molecule has 0 saturated carbocycles. The Morgan fingerprint density at radius 2 is 2.35 bits per heavy atom. The monoisotopic (exact) mass is 346 g/mol. The maximum absolute atomic E-state index is 12.7. The molecule has 1 aromatic heterocycles. The van der Waals surface area contributed by atoms with Crippen LogP contribution in [-0.2, 0) is 4.74 Å². The van der Waals surface area contributed by atoms with Crippen LogP contribution in [0, 0.1) is 18.3 Å². The Morgan fingerprint density at radius 1 is 1.52 bits per heavy atom. The van der Waals surface area contributed by atoms with Gasteiger partial charge in [-0.3, -0.25) is 4.79 Å². The molecule has 1 aromatic carbocycles. The number of aryl methyl sites for hydroxylation is 1. The van der Waals surface area contributed by atoms with E-state index in [2.05, 4.69) is 6.07 Å². The Hall–Kier alpha value is -1.87. The molecule has 0 radical (unpaired) electrons. The fourth-order valence-corrected chi connectivity index (χ4v) is 3.80. The van der Waals surface area contributed by atoms with Crippen molar-refractivity contribution < 1.29 is 9.53 Å². The van der Waals surface area contributed by atoms with Crippen molar-refractivity contribution in [2.75, 3.05) is 19.7 Å². The van der Waals surface area contributed by atoms with Crippen LogP contribution < -0.4 is 0 Å². The number of halogens is 1. The van der Waals surface area contributed by atoms with E-state index in [1.54, 1.807) is 17.0 Å². The van der Waals surface area contributed by atoms with Crippen LogP contribution in [0.25, 0.3) is 0 Å². The van der Waals surface area contributed by atoms with Gasteiger partial charge in [0.15, 0.2) is 0 Å². The highest BCUT2D eigenvalue weighted by atomic mass is 35.5. The second kappa shape index (κ2) is 6.71. The van der Waals surface area contributed by atoms with E-state index in [-0.39, 0.29) is 12.0 Å². The number of amides is 1. The molecule has 2 heterocycles. The summed E-state index contributed by atoms with van der Waals surface area (Å²) in [7, 11) is 0. The molecule has 0 bridgehead atoms. The molecule has 2 aromatic rings. The van der Waals surface area contributed by atoms with Crippen LogP contribution in [0.5, 0.6) is 0 Å². The minimum atomic E-state index is -0.221. The number of ether oxygens (including phenoxy) is 1. The van der Waals surface area contributed by atoms with E-state index in [0.717, 1.165) is 11.1 Å². The average Bonchev–Trinajstić information content (AvgIpc) is 2.93. The van der Waals surface area contributed by atoms with Crippen LogP contribution in [-0.4, -0.2) is 30.5 Å². The largest absolute Gasteiger partial charge is 0.370 e. The first kappa shape index (κ1) is 16.0. The van der Waals surface area contributed by atoms with Crippen molar-refractivity contribution in [1.29, 1.82) is 5.26 Å². The molecule has 1 fully saturated rings. The summed E-state index contributed by atoms with van der Waals surface area (Å²) in [5, 5.41) is 11.4. The summed E-state index contributed by atoms with van der Waals surface area (Å²) in [5.74, 6) is -0.0576. The maximum Gasteiger partial charge on any atom is 0.265 e. The molecule has 23 heavy (non-hydrogen) atoms. The number of rotatable bonds is 2. The van der Waals surface area contributed by atoms with E-state index < -0.39 is 0 Å². The Balaban J connectivity index is 1.79. The lowest BCUT2D eigenvalue weighted by molar-refractivity contribution is -0.0226. The molecule has 1 amide bonds.